The fourth-order valence-electron chi connectivity index (χ4n) is 5.54. The van der Waals surface area contributed by atoms with E-state index in [0.717, 1.165) is 30.4 Å². The van der Waals surface area contributed by atoms with E-state index in [9.17, 15) is 9.59 Å². The van der Waals surface area contributed by atoms with Gasteiger partial charge in [-0.3, -0.25) is 9.59 Å². The highest BCUT2D eigenvalue weighted by atomic mass is 16.6. The van der Waals surface area contributed by atoms with Gasteiger partial charge in [-0.05, 0) is 56.8 Å². The number of fused-ring (bicyclic) bond motifs is 2. The topological polar surface area (TPSA) is 80.2 Å². The lowest BCUT2D eigenvalue weighted by atomic mass is 9.84. The van der Waals surface area contributed by atoms with Crippen molar-refractivity contribution < 1.29 is 19.2 Å². The number of oxime groups is 1. The molecule has 4 aliphatic rings. The molecular formula is C21H33N3O4. The van der Waals surface area contributed by atoms with E-state index in [1.165, 1.54) is 25.7 Å². The average Bonchev–Trinajstić information content (AvgIpc) is 3.46. The van der Waals surface area contributed by atoms with Crippen molar-refractivity contribution in [3.8, 4) is 0 Å². The van der Waals surface area contributed by atoms with Gasteiger partial charge in [0.2, 0.25) is 0 Å². The van der Waals surface area contributed by atoms with Crippen LogP contribution in [0.2, 0.25) is 0 Å². The number of amides is 2. The Morgan fingerprint density at radius 3 is 2.71 bits per heavy atom. The molecule has 2 aliphatic carbocycles. The summed E-state index contributed by atoms with van der Waals surface area (Å²) in [6, 6.07) is 0.214. The van der Waals surface area contributed by atoms with E-state index in [0.29, 0.717) is 38.5 Å². The van der Waals surface area contributed by atoms with Gasteiger partial charge in [0.15, 0.2) is 6.61 Å². The van der Waals surface area contributed by atoms with E-state index >= 15 is 0 Å². The average molecular weight is 392 g/mol. The molecule has 156 valence electrons. The quantitative estimate of drug-likeness (QED) is 0.703. The Hall–Kier alpha value is -1.63. The molecule has 7 nitrogen and oxygen atoms in total. The molecule has 0 unspecified atom stereocenters. The van der Waals surface area contributed by atoms with Gasteiger partial charge in [0.1, 0.15) is 6.10 Å². The normalized spacial score (nSPS) is 33.0. The van der Waals surface area contributed by atoms with E-state index < -0.39 is 0 Å². The number of hydrogen-bond donors (Lipinski definition) is 1. The summed E-state index contributed by atoms with van der Waals surface area (Å²) >= 11 is 0. The van der Waals surface area contributed by atoms with Crippen LogP contribution in [0.5, 0.6) is 0 Å². The highest BCUT2D eigenvalue weighted by Crippen LogP contribution is 2.49. The lowest BCUT2D eigenvalue weighted by molar-refractivity contribution is -0.141. The SMILES string of the molecule is C[C@H](NC(=O)CON=C1CCN(C(=O)[C@H]2CCCO2)CC1)[C@@H]1C[C@H]2CC[C@H]1C2. The summed E-state index contributed by atoms with van der Waals surface area (Å²) in [5.74, 6) is 2.32. The minimum Gasteiger partial charge on any atom is -0.386 e. The summed E-state index contributed by atoms with van der Waals surface area (Å²) < 4.78 is 5.48. The molecule has 7 heteroatoms. The van der Waals surface area contributed by atoms with Gasteiger partial charge in [0.25, 0.3) is 11.8 Å². The van der Waals surface area contributed by atoms with E-state index in [2.05, 4.69) is 17.4 Å². The number of nitrogens with one attached hydrogen (secondary N) is 1. The molecule has 1 N–H and O–H groups in total. The molecule has 4 rings (SSSR count). The van der Waals surface area contributed by atoms with E-state index in [-0.39, 0.29) is 30.6 Å². The maximum Gasteiger partial charge on any atom is 0.260 e. The smallest absolute Gasteiger partial charge is 0.260 e. The van der Waals surface area contributed by atoms with Crippen molar-refractivity contribution in [2.24, 2.45) is 22.9 Å². The lowest BCUT2D eigenvalue weighted by Gasteiger charge is -2.29. The molecule has 0 radical (unpaired) electrons. The van der Waals surface area contributed by atoms with Gasteiger partial charge < -0.3 is 19.8 Å². The zero-order valence-electron chi connectivity index (χ0n) is 16.9. The van der Waals surface area contributed by atoms with Crippen LogP contribution < -0.4 is 5.32 Å². The van der Waals surface area contributed by atoms with Crippen LogP contribution in [0.15, 0.2) is 5.16 Å². The van der Waals surface area contributed by atoms with Crippen molar-refractivity contribution in [1.82, 2.24) is 10.2 Å². The van der Waals surface area contributed by atoms with Crippen LogP contribution in [0.4, 0.5) is 0 Å². The molecule has 2 saturated carbocycles. The van der Waals surface area contributed by atoms with Crippen molar-refractivity contribution in [2.75, 3.05) is 26.3 Å². The Labute approximate surface area is 167 Å². The maximum atomic E-state index is 12.3. The second-order valence-corrected chi connectivity index (χ2v) is 8.95. The van der Waals surface area contributed by atoms with Gasteiger partial charge in [-0.25, -0.2) is 0 Å². The van der Waals surface area contributed by atoms with Gasteiger partial charge in [0, 0.05) is 38.6 Å². The zero-order valence-corrected chi connectivity index (χ0v) is 16.9. The molecule has 0 spiro atoms. The van der Waals surface area contributed by atoms with Crippen molar-refractivity contribution >= 4 is 17.5 Å². The number of carbonyl (C=O) groups excluding carboxylic acids is 2. The number of rotatable bonds is 6. The summed E-state index contributed by atoms with van der Waals surface area (Å²) in [6.45, 7) is 4.07. The van der Waals surface area contributed by atoms with Gasteiger partial charge in [-0.2, -0.15) is 0 Å². The van der Waals surface area contributed by atoms with E-state index in [1.54, 1.807) is 0 Å². The molecule has 28 heavy (non-hydrogen) atoms. The van der Waals surface area contributed by atoms with Crippen LogP contribution in [0, 0.1) is 17.8 Å². The van der Waals surface area contributed by atoms with Crippen molar-refractivity contribution in [3.05, 3.63) is 0 Å². The molecule has 2 aliphatic heterocycles. The predicted octanol–water partition coefficient (Wildman–Crippen LogP) is 2.10. The van der Waals surface area contributed by atoms with Crippen molar-refractivity contribution in [2.45, 2.75) is 70.4 Å². The Balaban J connectivity index is 1.14. The van der Waals surface area contributed by atoms with Crippen molar-refractivity contribution in [1.29, 1.82) is 0 Å². The molecule has 2 saturated heterocycles. The van der Waals surface area contributed by atoms with E-state index in [4.69, 9.17) is 9.57 Å². The third-order valence-electron chi connectivity index (χ3n) is 7.07. The Morgan fingerprint density at radius 2 is 2.07 bits per heavy atom. The Morgan fingerprint density at radius 1 is 1.25 bits per heavy atom. The zero-order chi connectivity index (χ0) is 19.5. The minimum atomic E-state index is -0.254. The highest BCUT2D eigenvalue weighted by molar-refractivity contribution is 5.88. The van der Waals surface area contributed by atoms with Gasteiger partial charge >= 0.3 is 0 Å². The maximum absolute atomic E-state index is 12.3. The van der Waals surface area contributed by atoms with Crippen molar-refractivity contribution in [3.63, 3.8) is 0 Å². The van der Waals surface area contributed by atoms with Gasteiger partial charge in [-0.1, -0.05) is 11.6 Å². The molecular weight excluding hydrogens is 358 g/mol. The summed E-state index contributed by atoms with van der Waals surface area (Å²) in [5.41, 5.74) is 0.922. The molecule has 5 atom stereocenters. The fraction of sp³-hybridized carbons (Fsp3) is 0.857. The second-order valence-electron chi connectivity index (χ2n) is 8.95. The molecule has 2 heterocycles. The van der Waals surface area contributed by atoms with Crippen LogP contribution >= 0.6 is 0 Å². The number of hydrogen-bond acceptors (Lipinski definition) is 5. The van der Waals surface area contributed by atoms with Crippen LogP contribution in [-0.2, 0) is 19.2 Å². The minimum absolute atomic E-state index is 0.0345. The highest BCUT2D eigenvalue weighted by Gasteiger charge is 2.42. The fourth-order valence-corrected chi connectivity index (χ4v) is 5.54. The lowest BCUT2D eigenvalue weighted by Crippen LogP contribution is -2.44. The predicted molar refractivity (Wildman–Crippen MR) is 105 cm³/mol. The summed E-state index contributed by atoms with van der Waals surface area (Å²) in [7, 11) is 0. The number of piperidine rings is 1. The first-order valence-corrected chi connectivity index (χ1v) is 11.0. The van der Waals surface area contributed by atoms with Crippen LogP contribution in [0.1, 0.15) is 58.3 Å². The first-order valence-electron chi connectivity index (χ1n) is 11.0. The van der Waals surface area contributed by atoms with Gasteiger partial charge in [0.05, 0.1) is 5.71 Å². The number of likely N-dealkylation sites (tertiary alicyclic amines) is 1. The summed E-state index contributed by atoms with van der Waals surface area (Å²) in [6.07, 6.45) is 8.24. The van der Waals surface area contributed by atoms with Crippen LogP contribution in [0.25, 0.3) is 0 Å². The molecule has 0 aromatic heterocycles. The van der Waals surface area contributed by atoms with Crippen LogP contribution in [0.3, 0.4) is 0 Å². The van der Waals surface area contributed by atoms with E-state index in [1.807, 2.05) is 4.90 Å². The number of ether oxygens (including phenoxy) is 1. The standard InChI is InChI=1S/C21H33N3O4/c1-14(18-12-15-4-5-16(18)11-15)22-20(25)13-28-23-17-6-8-24(9-7-17)21(26)19-3-2-10-27-19/h14-16,18-19H,2-13H2,1H3,(H,22,25)/t14-,15-,16-,18-,19+/m0/s1. The molecule has 4 fully saturated rings. The van der Waals surface area contributed by atoms with Crippen LogP contribution in [-0.4, -0.2) is 60.9 Å². The summed E-state index contributed by atoms with van der Waals surface area (Å²) in [4.78, 5) is 31.7. The monoisotopic (exact) mass is 391 g/mol. The molecule has 2 bridgehead atoms. The first kappa shape index (κ1) is 19.7. The van der Waals surface area contributed by atoms with Gasteiger partial charge in [-0.15, -0.1) is 0 Å². The number of nitrogens with zero attached hydrogens (tertiary/aromatic N) is 2. The third-order valence-corrected chi connectivity index (χ3v) is 7.07. The summed E-state index contributed by atoms with van der Waals surface area (Å²) in [5, 5.41) is 7.24. The molecule has 0 aromatic carbocycles. The Kier molecular flexibility index (Phi) is 6.19. The largest absolute Gasteiger partial charge is 0.386 e. The number of carbonyl (C=O) groups is 2. The molecule has 0 aromatic rings. The Bertz CT molecular complexity index is 607. The first-order chi connectivity index (χ1) is 13.6. The molecule has 2 amide bonds. The third kappa shape index (κ3) is 4.50. The second kappa shape index (κ2) is 8.80.